The van der Waals surface area contributed by atoms with E-state index in [2.05, 4.69) is 25.9 Å². The van der Waals surface area contributed by atoms with E-state index >= 15 is 0 Å². The molecular weight excluding hydrogens is 338 g/mol. The topological polar surface area (TPSA) is 96.0 Å². The van der Waals surface area contributed by atoms with Crippen molar-refractivity contribution in [1.82, 2.24) is 9.97 Å². The van der Waals surface area contributed by atoms with Crippen LogP contribution in [0.3, 0.4) is 0 Å². The Morgan fingerprint density at radius 3 is 2.32 bits per heavy atom. The molecule has 126 valence electrons. The molecule has 3 rings (SSSR count). The molecule has 2 amide bonds. The summed E-state index contributed by atoms with van der Waals surface area (Å²) >= 11 is 1.24. The number of carbonyl (C=O) groups excluding carboxylic acids is 2. The first-order valence-electron chi connectivity index (χ1n) is 7.43. The summed E-state index contributed by atoms with van der Waals surface area (Å²) in [5.74, 6) is 0.269. The Hall–Kier alpha value is -3.26. The Morgan fingerprint density at radius 1 is 0.960 bits per heavy atom. The average molecular weight is 353 g/mol. The molecule has 0 unspecified atom stereocenters. The van der Waals surface area contributed by atoms with Gasteiger partial charge in [0.05, 0.1) is 6.20 Å². The summed E-state index contributed by atoms with van der Waals surface area (Å²) in [5, 5.41) is 9.09. The lowest BCUT2D eigenvalue weighted by molar-refractivity contribution is -0.114. The summed E-state index contributed by atoms with van der Waals surface area (Å²) in [6.07, 6.45) is 3.19. The minimum atomic E-state index is -0.251. The number of thiazole rings is 1. The van der Waals surface area contributed by atoms with Crippen LogP contribution in [0.4, 0.5) is 22.3 Å². The number of anilines is 4. The number of hydrogen-bond donors (Lipinski definition) is 3. The van der Waals surface area contributed by atoms with Crippen molar-refractivity contribution >= 4 is 45.5 Å². The molecule has 2 aromatic heterocycles. The van der Waals surface area contributed by atoms with Crippen LogP contribution >= 0.6 is 11.3 Å². The lowest BCUT2D eigenvalue weighted by atomic mass is 10.2. The highest BCUT2D eigenvalue weighted by molar-refractivity contribution is 7.17. The van der Waals surface area contributed by atoms with Gasteiger partial charge in [-0.25, -0.2) is 9.97 Å². The van der Waals surface area contributed by atoms with Gasteiger partial charge in [-0.1, -0.05) is 17.4 Å². The first-order chi connectivity index (χ1) is 12.1. The van der Waals surface area contributed by atoms with Crippen LogP contribution in [-0.4, -0.2) is 21.8 Å². The maximum atomic E-state index is 12.3. The summed E-state index contributed by atoms with van der Waals surface area (Å²) in [4.78, 5) is 32.1. The first kappa shape index (κ1) is 16.6. The Bertz CT molecular complexity index is 878. The number of hydrogen-bond acceptors (Lipinski definition) is 6. The van der Waals surface area contributed by atoms with Gasteiger partial charge >= 0.3 is 0 Å². The molecular formula is C17H15N5O2S. The average Bonchev–Trinajstić information content (AvgIpc) is 3.06. The van der Waals surface area contributed by atoms with Gasteiger partial charge in [0.1, 0.15) is 10.7 Å². The monoisotopic (exact) mass is 353 g/mol. The number of benzene rings is 1. The van der Waals surface area contributed by atoms with E-state index in [0.717, 1.165) is 0 Å². The molecule has 0 saturated heterocycles. The van der Waals surface area contributed by atoms with Crippen LogP contribution < -0.4 is 16.0 Å². The summed E-state index contributed by atoms with van der Waals surface area (Å²) in [6.45, 7) is 1.44. The highest BCUT2D eigenvalue weighted by atomic mass is 32.1. The fraction of sp³-hybridized carbons (Fsp3) is 0.0588. The van der Waals surface area contributed by atoms with E-state index in [0.29, 0.717) is 27.2 Å². The van der Waals surface area contributed by atoms with Crippen LogP contribution in [0.15, 0.2) is 54.9 Å². The van der Waals surface area contributed by atoms with Crippen molar-refractivity contribution in [3.05, 3.63) is 59.7 Å². The number of carbonyl (C=O) groups is 2. The quantitative estimate of drug-likeness (QED) is 0.652. The molecule has 7 nitrogen and oxygen atoms in total. The minimum Gasteiger partial charge on any atom is -0.326 e. The minimum absolute atomic E-state index is 0.144. The molecule has 25 heavy (non-hydrogen) atoms. The molecule has 0 radical (unpaired) electrons. The molecule has 3 aromatic rings. The lowest BCUT2D eigenvalue weighted by Gasteiger charge is -2.05. The van der Waals surface area contributed by atoms with Crippen molar-refractivity contribution in [3.8, 4) is 0 Å². The smallest absolute Gasteiger partial charge is 0.267 e. The SMILES string of the molecule is CC(=O)Nc1ccc(NC(=O)c2cnc(Nc3ccccn3)s2)cc1. The third-order valence-corrected chi connectivity index (χ3v) is 4.00. The Labute approximate surface area is 148 Å². The van der Waals surface area contributed by atoms with Crippen molar-refractivity contribution < 1.29 is 9.59 Å². The van der Waals surface area contributed by atoms with Gasteiger partial charge in [0.15, 0.2) is 5.13 Å². The van der Waals surface area contributed by atoms with E-state index in [1.807, 2.05) is 18.2 Å². The second-order valence-corrected chi connectivity index (χ2v) is 6.11. The van der Waals surface area contributed by atoms with E-state index in [4.69, 9.17) is 0 Å². The molecule has 2 heterocycles. The Balaban J connectivity index is 1.62. The van der Waals surface area contributed by atoms with E-state index in [1.165, 1.54) is 24.5 Å². The van der Waals surface area contributed by atoms with Gasteiger partial charge in [-0.2, -0.15) is 0 Å². The van der Waals surface area contributed by atoms with E-state index in [1.54, 1.807) is 30.5 Å². The van der Waals surface area contributed by atoms with Crippen LogP contribution in [0.2, 0.25) is 0 Å². The fourth-order valence-electron chi connectivity index (χ4n) is 2.02. The molecule has 3 N–H and O–H groups in total. The summed E-state index contributed by atoms with van der Waals surface area (Å²) in [5.41, 5.74) is 1.30. The van der Waals surface area contributed by atoms with Crippen LogP contribution in [0.25, 0.3) is 0 Å². The molecule has 0 aliphatic heterocycles. The number of nitrogens with zero attached hydrogens (tertiary/aromatic N) is 2. The van der Waals surface area contributed by atoms with E-state index < -0.39 is 0 Å². The van der Waals surface area contributed by atoms with Crippen LogP contribution in [0.1, 0.15) is 16.6 Å². The van der Waals surface area contributed by atoms with E-state index in [9.17, 15) is 9.59 Å². The third kappa shape index (κ3) is 4.61. The fourth-order valence-corrected chi connectivity index (χ4v) is 2.73. The molecule has 0 saturated carbocycles. The third-order valence-electron chi connectivity index (χ3n) is 3.09. The van der Waals surface area contributed by atoms with E-state index in [-0.39, 0.29) is 11.8 Å². The number of rotatable bonds is 5. The predicted octanol–water partition coefficient (Wildman–Crippen LogP) is 3.49. The number of nitrogens with one attached hydrogen (secondary N) is 3. The summed E-state index contributed by atoms with van der Waals surface area (Å²) in [6, 6.07) is 12.4. The Kier molecular flexibility index (Phi) is 5.00. The van der Waals surface area contributed by atoms with Gasteiger partial charge in [-0.15, -0.1) is 0 Å². The summed E-state index contributed by atoms with van der Waals surface area (Å²) < 4.78 is 0. The maximum Gasteiger partial charge on any atom is 0.267 e. The van der Waals surface area contributed by atoms with Crippen molar-refractivity contribution in [2.75, 3.05) is 16.0 Å². The summed E-state index contributed by atoms with van der Waals surface area (Å²) in [7, 11) is 0. The highest BCUT2D eigenvalue weighted by Gasteiger charge is 2.11. The maximum absolute atomic E-state index is 12.3. The Morgan fingerprint density at radius 2 is 1.68 bits per heavy atom. The molecule has 0 spiro atoms. The van der Waals surface area contributed by atoms with Crippen molar-refractivity contribution in [3.63, 3.8) is 0 Å². The van der Waals surface area contributed by atoms with Gasteiger partial charge in [0.2, 0.25) is 5.91 Å². The van der Waals surface area contributed by atoms with Crippen LogP contribution in [0, 0.1) is 0 Å². The van der Waals surface area contributed by atoms with Gasteiger partial charge in [-0.3, -0.25) is 9.59 Å². The zero-order chi connectivity index (χ0) is 17.6. The number of aromatic nitrogens is 2. The largest absolute Gasteiger partial charge is 0.326 e. The molecule has 0 aliphatic carbocycles. The van der Waals surface area contributed by atoms with Gasteiger partial charge in [0, 0.05) is 24.5 Å². The predicted molar refractivity (Wildman–Crippen MR) is 98.3 cm³/mol. The van der Waals surface area contributed by atoms with Gasteiger partial charge in [-0.05, 0) is 36.4 Å². The second kappa shape index (κ2) is 7.54. The molecule has 0 bridgehead atoms. The first-order valence-corrected chi connectivity index (χ1v) is 8.25. The van der Waals surface area contributed by atoms with Crippen LogP contribution in [0.5, 0.6) is 0 Å². The lowest BCUT2D eigenvalue weighted by Crippen LogP contribution is -2.10. The van der Waals surface area contributed by atoms with Gasteiger partial charge < -0.3 is 16.0 Å². The normalized spacial score (nSPS) is 10.1. The molecule has 0 fully saturated rings. The molecule has 0 atom stereocenters. The molecule has 0 aliphatic rings. The zero-order valence-corrected chi connectivity index (χ0v) is 14.1. The standard InChI is InChI=1S/C17H15N5O2S/c1-11(23)20-12-5-7-13(8-6-12)21-16(24)14-10-19-17(25-14)22-15-4-2-3-9-18-15/h2-10H,1H3,(H,20,23)(H,21,24)(H,18,19,22). The van der Waals surface area contributed by atoms with Gasteiger partial charge in [0.25, 0.3) is 5.91 Å². The van der Waals surface area contributed by atoms with Crippen molar-refractivity contribution in [2.24, 2.45) is 0 Å². The molecule has 1 aromatic carbocycles. The number of pyridine rings is 1. The molecule has 8 heteroatoms. The van der Waals surface area contributed by atoms with Crippen molar-refractivity contribution in [2.45, 2.75) is 6.92 Å². The van der Waals surface area contributed by atoms with Crippen molar-refractivity contribution in [1.29, 1.82) is 0 Å². The highest BCUT2D eigenvalue weighted by Crippen LogP contribution is 2.22. The zero-order valence-electron chi connectivity index (χ0n) is 13.3. The van der Waals surface area contributed by atoms with Crippen LogP contribution in [-0.2, 0) is 4.79 Å². The second-order valence-electron chi connectivity index (χ2n) is 5.08. The number of amides is 2.